The fraction of sp³-hybridized carbons (Fsp3) is 0.381. The second-order valence-electron chi connectivity index (χ2n) is 7.48. The zero-order valence-corrected chi connectivity index (χ0v) is 16.5. The highest BCUT2D eigenvalue weighted by molar-refractivity contribution is 7.13. The van der Waals surface area contributed by atoms with Crippen LogP contribution in [0.15, 0.2) is 47.2 Å². The molecule has 4 unspecified atom stereocenters. The van der Waals surface area contributed by atoms with Crippen LogP contribution < -0.4 is 4.90 Å². The van der Waals surface area contributed by atoms with Crippen LogP contribution >= 0.6 is 11.3 Å². The molecule has 150 valence electrons. The molecule has 2 aromatic rings. The molecule has 8 heteroatoms. The molecule has 0 saturated heterocycles. The normalized spacial score (nSPS) is 29.0. The van der Waals surface area contributed by atoms with Gasteiger partial charge in [-0.1, -0.05) is 12.1 Å². The first-order valence-corrected chi connectivity index (χ1v) is 10.4. The lowest BCUT2D eigenvalue weighted by Crippen LogP contribution is -2.43. The number of anilines is 1. The largest absolute Gasteiger partial charge is 0.483 e. The van der Waals surface area contributed by atoms with Crippen LogP contribution in [0.25, 0.3) is 0 Å². The van der Waals surface area contributed by atoms with Crippen molar-refractivity contribution in [1.29, 1.82) is 0 Å². The van der Waals surface area contributed by atoms with E-state index in [4.69, 9.17) is 9.47 Å². The van der Waals surface area contributed by atoms with Crippen molar-refractivity contribution in [1.82, 2.24) is 4.98 Å². The number of carbonyl (C=O) groups is 2. The Balaban J connectivity index is 1.60. The van der Waals surface area contributed by atoms with E-state index in [9.17, 15) is 14.0 Å². The summed E-state index contributed by atoms with van der Waals surface area (Å²) in [6.45, 7) is 0. The number of rotatable bonds is 3. The molecule has 0 bridgehead atoms. The van der Waals surface area contributed by atoms with Crippen LogP contribution in [0.2, 0.25) is 0 Å². The number of carbonyl (C=O) groups excluding carboxylic acids is 2. The molecule has 1 aromatic carbocycles. The van der Waals surface area contributed by atoms with E-state index in [0.29, 0.717) is 29.1 Å². The Bertz CT molecular complexity index is 989. The van der Waals surface area contributed by atoms with E-state index in [1.165, 1.54) is 28.4 Å². The maximum absolute atomic E-state index is 13.5. The average molecular weight is 414 g/mol. The van der Waals surface area contributed by atoms with E-state index in [1.807, 2.05) is 0 Å². The average Bonchev–Trinajstić information content (AvgIpc) is 3.35. The predicted molar refractivity (Wildman–Crippen MR) is 104 cm³/mol. The van der Waals surface area contributed by atoms with Gasteiger partial charge in [0, 0.05) is 25.1 Å². The Morgan fingerprint density at radius 3 is 2.72 bits per heavy atom. The highest BCUT2D eigenvalue weighted by atomic mass is 32.1. The molecule has 0 spiro atoms. The summed E-state index contributed by atoms with van der Waals surface area (Å²) in [5, 5.41) is 2.25. The Morgan fingerprint density at radius 2 is 2.03 bits per heavy atom. The summed E-state index contributed by atoms with van der Waals surface area (Å²) in [5.74, 6) is -1.02. The minimum absolute atomic E-state index is 0.0191. The molecule has 1 aliphatic carbocycles. The zero-order valence-electron chi connectivity index (χ0n) is 15.7. The molecule has 1 saturated carbocycles. The lowest BCUT2D eigenvalue weighted by molar-refractivity contribution is -0.135. The molecule has 6 nitrogen and oxygen atoms in total. The van der Waals surface area contributed by atoms with Crippen molar-refractivity contribution in [2.75, 3.05) is 12.0 Å². The van der Waals surface area contributed by atoms with Gasteiger partial charge < -0.3 is 9.47 Å². The van der Waals surface area contributed by atoms with Gasteiger partial charge in [0.05, 0.1) is 23.6 Å². The van der Waals surface area contributed by atoms with Gasteiger partial charge in [-0.15, -0.1) is 11.3 Å². The Morgan fingerprint density at radius 1 is 1.24 bits per heavy atom. The number of aromatic nitrogens is 1. The van der Waals surface area contributed by atoms with Crippen LogP contribution in [0.3, 0.4) is 0 Å². The maximum atomic E-state index is 13.5. The minimum atomic E-state index is -0.669. The van der Waals surface area contributed by atoms with E-state index in [0.717, 1.165) is 6.42 Å². The number of amides is 1. The third-order valence-corrected chi connectivity index (χ3v) is 6.72. The molecule has 0 N–H and O–H groups in total. The smallest absolute Gasteiger partial charge is 0.296 e. The van der Waals surface area contributed by atoms with Gasteiger partial charge in [-0.2, -0.15) is 0 Å². The molecule has 2 aliphatic heterocycles. The molecule has 0 radical (unpaired) electrons. The summed E-state index contributed by atoms with van der Waals surface area (Å²) < 4.78 is 25.1. The number of thiazole rings is 1. The summed E-state index contributed by atoms with van der Waals surface area (Å²) in [4.78, 5) is 32.6. The van der Waals surface area contributed by atoms with Gasteiger partial charge in [-0.25, -0.2) is 9.37 Å². The first kappa shape index (κ1) is 18.4. The quantitative estimate of drug-likeness (QED) is 0.770. The molecule has 1 amide bonds. The number of fused-ring (bicyclic) bond motifs is 1. The van der Waals surface area contributed by atoms with Crippen LogP contribution in [0.1, 0.15) is 30.9 Å². The number of methoxy groups -OCH3 is 1. The van der Waals surface area contributed by atoms with Crippen molar-refractivity contribution >= 4 is 28.2 Å². The topological polar surface area (TPSA) is 68.7 Å². The summed E-state index contributed by atoms with van der Waals surface area (Å²) in [7, 11) is 1.65. The maximum Gasteiger partial charge on any atom is 0.296 e. The van der Waals surface area contributed by atoms with Gasteiger partial charge in [-0.05, 0) is 30.5 Å². The van der Waals surface area contributed by atoms with Crippen molar-refractivity contribution in [2.24, 2.45) is 5.92 Å². The molecule has 3 heterocycles. The van der Waals surface area contributed by atoms with Gasteiger partial charge in [0.1, 0.15) is 11.9 Å². The second kappa shape index (κ2) is 7.03. The van der Waals surface area contributed by atoms with Gasteiger partial charge in [0.25, 0.3) is 5.91 Å². The van der Waals surface area contributed by atoms with Crippen LogP contribution in [0.4, 0.5) is 9.52 Å². The molecule has 1 aromatic heterocycles. The molecule has 29 heavy (non-hydrogen) atoms. The Labute approximate surface area is 170 Å². The molecular formula is C21H19FN2O4S. The number of nitrogens with zero attached hydrogens (tertiary/aromatic N) is 2. The lowest BCUT2D eigenvalue weighted by atomic mass is 9.76. The van der Waals surface area contributed by atoms with E-state index in [2.05, 4.69) is 4.98 Å². The van der Waals surface area contributed by atoms with Gasteiger partial charge in [0.2, 0.25) is 0 Å². The number of halogens is 1. The van der Waals surface area contributed by atoms with E-state index in [-0.39, 0.29) is 41.4 Å². The SMILES string of the molecule is COC1CCC2C(=O)C3=C(OC2C1)C(=O)N(c1nccs1)C3c1ccc(F)cc1. The van der Waals surface area contributed by atoms with Crippen molar-refractivity contribution in [3.63, 3.8) is 0 Å². The summed E-state index contributed by atoms with van der Waals surface area (Å²) >= 11 is 1.31. The minimum Gasteiger partial charge on any atom is -0.483 e. The van der Waals surface area contributed by atoms with E-state index < -0.39 is 6.04 Å². The van der Waals surface area contributed by atoms with Crippen molar-refractivity contribution in [3.8, 4) is 0 Å². The number of hydrogen-bond donors (Lipinski definition) is 0. The first-order valence-electron chi connectivity index (χ1n) is 9.55. The second-order valence-corrected chi connectivity index (χ2v) is 8.36. The third kappa shape index (κ3) is 2.89. The fourth-order valence-electron chi connectivity index (χ4n) is 4.54. The van der Waals surface area contributed by atoms with Crippen LogP contribution in [-0.4, -0.2) is 36.0 Å². The lowest BCUT2D eigenvalue weighted by Gasteiger charge is -2.38. The molecular weight excluding hydrogens is 395 g/mol. The number of ether oxygens (including phenoxy) is 2. The third-order valence-electron chi connectivity index (χ3n) is 5.95. The number of ketones is 1. The van der Waals surface area contributed by atoms with Crippen LogP contribution in [0, 0.1) is 11.7 Å². The summed E-state index contributed by atoms with van der Waals surface area (Å²) in [6, 6.07) is 5.20. The van der Waals surface area contributed by atoms with Crippen molar-refractivity contribution in [2.45, 2.75) is 37.5 Å². The number of hydrogen-bond acceptors (Lipinski definition) is 6. The van der Waals surface area contributed by atoms with Gasteiger partial charge in [0.15, 0.2) is 16.7 Å². The van der Waals surface area contributed by atoms with Crippen molar-refractivity contribution in [3.05, 3.63) is 58.6 Å². The zero-order chi connectivity index (χ0) is 20.1. The molecule has 4 atom stereocenters. The molecule has 5 rings (SSSR count). The number of Topliss-reactive ketones (excluding diaryl/α,β-unsaturated/α-hetero) is 1. The Hall–Kier alpha value is -2.58. The number of benzene rings is 1. The monoisotopic (exact) mass is 414 g/mol. The highest BCUT2D eigenvalue weighted by Crippen LogP contribution is 2.48. The summed E-state index contributed by atoms with van der Waals surface area (Å²) in [6.07, 6.45) is 3.27. The van der Waals surface area contributed by atoms with Crippen LogP contribution in [-0.2, 0) is 19.1 Å². The summed E-state index contributed by atoms with van der Waals surface area (Å²) in [5.41, 5.74) is 1.01. The molecule has 1 fully saturated rings. The van der Waals surface area contributed by atoms with E-state index in [1.54, 1.807) is 30.8 Å². The highest BCUT2D eigenvalue weighted by Gasteiger charge is 2.53. The Kier molecular flexibility index (Phi) is 4.48. The first-order chi connectivity index (χ1) is 14.1. The van der Waals surface area contributed by atoms with Crippen LogP contribution in [0.5, 0.6) is 0 Å². The standard InChI is InChI=1S/C21H19FN2O4S/c1-27-13-6-7-14-15(10-13)28-19-16(18(14)25)17(11-2-4-12(22)5-3-11)24(20(19)26)21-23-8-9-29-21/h2-5,8-9,13-15,17H,6-7,10H2,1H3. The molecule has 3 aliphatic rings. The van der Waals surface area contributed by atoms with Gasteiger partial charge in [-0.3, -0.25) is 14.5 Å². The predicted octanol–water partition coefficient (Wildman–Crippen LogP) is 3.41. The van der Waals surface area contributed by atoms with Gasteiger partial charge >= 0.3 is 0 Å². The van der Waals surface area contributed by atoms with E-state index >= 15 is 0 Å². The fourth-order valence-corrected chi connectivity index (χ4v) is 5.20. The van der Waals surface area contributed by atoms with Crippen molar-refractivity contribution < 1.29 is 23.5 Å².